The summed E-state index contributed by atoms with van der Waals surface area (Å²) in [4.78, 5) is 0. The van der Waals surface area contributed by atoms with E-state index in [1.54, 1.807) is 12.1 Å². The normalized spacial score (nSPS) is 19.2. The second-order valence-electron chi connectivity index (χ2n) is 8.32. The predicted octanol–water partition coefficient (Wildman–Crippen LogP) is 7.14. The Hall–Kier alpha value is -2.59. The Balaban J connectivity index is 1.37. The van der Waals surface area contributed by atoms with Crippen molar-refractivity contribution in [3.8, 4) is 11.8 Å². The molecule has 3 aromatic carbocycles. The van der Waals surface area contributed by atoms with Gasteiger partial charge < -0.3 is 0 Å². The number of rotatable bonds is 3. The van der Waals surface area contributed by atoms with Crippen LogP contribution >= 0.6 is 0 Å². The lowest BCUT2D eigenvalue weighted by molar-refractivity contribution is 0.278. The van der Waals surface area contributed by atoms with Crippen LogP contribution in [-0.4, -0.2) is 0 Å². The van der Waals surface area contributed by atoms with Gasteiger partial charge in [0.1, 0.15) is 5.82 Å². The first kappa shape index (κ1) is 18.8. The molecule has 1 heteroatoms. The molecule has 0 aromatic heterocycles. The van der Waals surface area contributed by atoms with E-state index in [0.29, 0.717) is 0 Å². The van der Waals surface area contributed by atoms with E-state index in [9.17, 15) is 4.39 Å². The minimum atomic E-state index is -0.204. The van der Waals surface area contributed by atoms with Gasteiger partial charge in [0.05, 0.1) is 0 Å². The van der Waals surface area contributed by atoms with Crippen molar-refractivity contribution in [1.82, 2.24) is 0 Å². The van der Waals surface area contributed by atoms with E-state index in [4.69, 9.17) is 0 Å². The number of benzene rings is 3. The summed E-state index contributed by atoms with van der Waals surface area (Å²) in [6, 6.07) is 19.4. The maximum Gasteiger partial charge on any atom is 0.123 e. The lowest BCUT2D eigenvalue weighted by atomic mass is 9.80. The molecule has 1 aliphatic carbocycles. The molecule has 0 bridgehead atoms. The van der Waals surface area contributed by atoms with E-state index < -0.39 is 0 Å². The topological polar surface area (TPSA) is 0 Å². The third-order valence-electron chi connectivity index (χ3n) is 6.08. The quantitative estimate of drug-likeness (QED) is 0.430. The number of hydrogen-bond donors (Lipinski definition) is 0. The number of fused-ring (bicyclic) bond motifs is 1. The fourth-order valence-corrected chi connectivity index (χ4v) is 4.18. The van der Waals surface area contributed by atoms with Gasteiger partial charge in [-0.15, -0.1) is 0 Å². The fourth-order valence-electron chi connectivity index (χ4n) is 4.18. The summed E-state index contributed by atoms with van der Waals surface area (Å²) in [7, 11) is 0. The second-order valence-corrected chi connectivity index (χ2v) is 8.32. The molecule has 28 heavy (non-hydrogen) atoms. The minimum absolute atomic E-state index is 0.204. The molecule has 0 N–H and O–H groups in total. The van der Waals surface area contributed by atoms with Crippen molar-refractivity contribution in [3.63, 3.8) is 0 Å². The summed E-state index contributed by atoms with van der Waals surface area (Å²) >= 11 is 0. The molecule has 1 saturated carbocycles. The van der Waals surface area contributed by atoms with E-state index >= 15 is 0 Å². The van der Waals surface area contributed by atoms with Crippen molar-refractivity contribution < 1.29 is 4.39 Å². The van der Waals surface area contributed by atoms with Gasteiger partial charge >= 0.3 is 0 Å². The molecule has 0 atom stereocenters. The molecular formula is C27H27F. The van der Waals surface area contributed by atoms with Crippen molar-refractivity contribution in [2.24, 2.45) is 11.8 Å². The highest BCUT2D eigenvalue weighted by molar-refractivity contribution is 5.83. The summed E-state index contributed by atoms with van der Waals surface area (Å²) < 4.78 is 13.3. The van der Waals surface area contributed by atoms with Gasteiger partial charge in [-0.25, -0.2) is 4.39 Å². The molecule has 0 saturated heterocycles. The van der Waals surface area contributed by atoms with Crippen LogP contribution in [0.3, 0.4) is 0 Å². The van der Waals surface area contributed by atoms with Gasteiger partial charge in [0.15, 0.2) is 0 Å². The van der Waals surface area contributed by atoms with Gasteiger partial charge in [-0.1, -0.05) is 68.7 Å². The van der Waals surface area contributed by atoms with Crippen molar-refractivity contribution >= 4 is 10.8 Å². The Kier molecular flexibility index (Phi) is 5.77. The van der Waals surface area contributed by atoms with Crippen LogP contribution in [0.1, 0.15) is 55.7 Å². The van der Waals surface area contributed by atoms with Gasteiger partial charge in [0.2, 0.25) is 0 Å². The Morgan fingerprint density at radius 3 is 2.21 bits per heavy atom. The largest absolute Gasteiger partial charge is 0.207 e. The van der Waals surface area contributed by atoms with Crippen molar-refractivity contribution in [1.29, 1.82) is 0 Å². The molecule has 3 aromatic rings. The molecule has 0 spiro atoms. The molecular weight excluding hydrogens is 343 g/mol. The van der Waals surface area contributed by atoms with Gasteiger partial charge in [-0.3, -0.25) is 0 Å². The summed E-state index contributed by atoms with van der Waals surface area (Å²) in [6.07, 6.45) is 8.11. The van der Waals surface area contributed by atoms with Crippen LogP contribution in [-0.2, 0) is 6.42 Å². The Labute approximate surface area is 167 Å². The Morgan fingerprint density at radius 2 is 1.43 bits per heavy atom. The van der Waals surface area contributed by atoms with E-state index in [0.717, 1.165) is 33.7 Å². The summed E-state index contributed by atoms with van der Waals surface area (Å²) in [6.45, 7) is 2.38. The van der Waals surface area contributed by atoms with Crippen molar-refractivity contribution in [3.05, 3.63) is 83.2 Å². The SMILES string of the molecule is CC1CCC(CCc2ccc(C#Cc3ccc4cc(F)ccc4c3)cc2)CC1. The van der Waals surface area contributed by atoms with Gasteiger partial charge in [0.25, 0.3) is 0 Å². The third kappa shape index (κ3) is 4.82. The highest BCUT2D eigenvalue weighted by atomic mass is 19.1. The highest BCUT2D eigenvalue weighted by Crippen LogP contribution is 2.31. The highest BCUT2D eigenvalue weighted by Gasteiger charge is 2.17. The van der Waals surface area contributed by atoms with E-state index in [1.807, 2.05) is 18.2 Å². The maximum atomic E-state index is 13.3. The first-order chi connectivity index (χ1) is 13.7. The number of aryl methyl sites for hydroxylation is 1. The summed E-state index contributed by atoms with van der Waals surface area (Å²) in [5, 5.41) is 1.92. The zero-order valence-electron chi connectivity index (χ0n) is 16.5. The third-order valence-corrected chi connectivity index (χ3v) is 6.08. The van der Waals surface area contributed by atoms with Crippen LogP contribution in [0.5, 0.6) is 0 Å². The lowest BCUT2D eigenvalue weighted by Gasteiger charge is -2.26. The average Bonchev–Trinajstić information content (AvgIpc) is 2.72. The average molecular weight is 371 g/mol. The van der Waals surface area contributed by atoms with Gasteiger partial charge in [-0.2, -0.15) is 0 Å². The van der Waals surface area contributed by atoms with Gasteiger partial charge in [-0.05, 0) is 77.4 Å². The predicted molar refractivity (Wildman–Crippen MR) is 116 cm³/mol. The Morgan fingerprint density at radius 1 is 0.786 bits per heavy atom. The molecule has 0 heterocycles. The zero-order valence-corrected chi connectivity index (χ0v) is 16.5. The van der Waals surface area contributed by atoms with Crippen LogP contribution in [0.4, 0.5) is 4.39 Å². The first-order valence-electron chi connectivity index (χ1n) is 10.5. The van der Waals surface area contributed by atoms with Gasteiger partial charge in [0, 0.05) is 11.1 Å². The Bertz CT molecular complexity index is 996. The molecule has 0 aliphatic heterocycles. The van der Waals surface area contributed by atoms with Crippen LogP contribution in [0, 0.1) is 29.5 Å². The fraction of sp³-hybridized carbons (Fsp3) is 0.333. The van der Waals surface area contributed by atoms with Crippen LogP contribution in [0.25, 0.3) is 10.8 Å². The zero-order chi connectivity index (χ0) is 19.3. The maximum absolute atomic E-state index is 13.3. The van der Waals surface area contributed by atoms with E-state index in [-0.39, 0.29) is 5.82 Å². The van der Waals surface area contributed by atoms with Crippen LogP contribution in [0.15, 0.2) is 60.7 Å². The standard InChI is InChI=1S/C27H27F/c1-20-2-4-21(5-3-20)6-7-22-8-10-23(11-9-22)12-13-24-14-15-26-19-27(28)17-16-25(26)18-24/h8-11,14-21H,2-7H2,1H3. The smallest absolute Gasteiger partial charge is 0.123 e. The second kappa shape index (κ2) is 8.61. The molecule has 0 nitrogen and oxygen atoms in total. The number of halogens is 1. The van der Waals surface area contributed by atoms with Crippen LogP contribution in [0.2, 0.25) is 0 Å². The molecule has 1 aliphatic rings. The molecule has 142 valence electrons. The summed E-state index contributed by atoms with van der Waals surface area (Å²) in [5.74, 6) is 8.12. The van der Waals surface area contributed by atoms with Crippen LogP contribution < -0.4 is 0 Å². The number of hydrogen-bond acceptors (Lipinski definition) is 0. The monoisotopic (exact) mass is 370 g/mol. The van der Waals surface area contributed by atoms with E-state index in [1.165, 1.54) is 50.2 Å². The lowest BCUT2D eigenvalue weighted by Crippen LogP contribution is -2.12. The van der Waals surface area contributed by atoms with Crippen molar-refractivity contribution in [2.45, 2.75) is 45.4 Å². The molecule has 0 unspecified atom stereocenters. The molecule has 1 fully saturated rings. The minimum Gasteiger partial charge on any atom is -0.207 e. The van der Waals surface area contributed by atoms with E-state index in [2.05, 4.69) is 43.0 Å². The first-order valence-corrected chi connectivity index (χ1v) is 10.5. The molecule has 0 radical (unpaired) electrons. The molecule has 4 rings (SSSR count). The summed E-state index contributed by atoms with van der Waals surface area (Å²) in [5.41, 5.74) is 3.40. The molecule has 0 amide bonds. The van der Waals surface area contributed by atoms with Crippen molar-refractivity contribution in [2.75, 3.05) is 0 Å².